The lowest BCUT2D eigenvalue weighted by Gasteiger charge is -2.32. The van der Waals surface area contributed by atoms with E-state index in [1.807, 2.05) is 27.7 Å². The van der Waals surface area contributed by atoms with Crippen molar-refractivity contribution in [3.63, 3.8) is 0 Å². The fourth-order valence-corrected chi connectivity index (χ4v) is 2.67. The molecule has 1 unspecified atom stereocenters. The zero-order valence-corrected chi connectivity index (χ0v) is 15.1. The predicted molar refractivity (Wildman–Crippen MR) is 90.1 cm³/mol. The van der Waals surface area contributed by atoms with E-state index in [-0.39, 0.29) is 12.2 Å². The van der Waals surface area contributed by atoms with E-state index >= 15 is 0 Å². The van der Waals surface area contributed by atoms with Crippen LogP contribution in [0, 0.1) is 0 Å². The highest BCUT2D eigenvalue weighted by molar-refractivity contribution is 6.48. The molecule has 0 bridgehead atoms. The Morgan fingerprint density at radius 1 is 1.21 bits per heavy atom. The first-order valence-electron chi connectivity index (χ1n) is 7.91. The smallest absolute Gasteiger partial charge is 0.466 e. The summed E-state index contributed by atoms with van der Waals surface area (Å²) in [5.74, 6) is -0.618. The minimum atomic E-state index is -0.688. The summed E-state index contributed by atoms with van der Waals surface area (Å²) in [6.07, 6.45) is 0.0219. The summed E-state index contributed by atoms with van der Waals surface area (Å²) in [6, 6.07) is 5.14. The SMILES string of the molecule is COC(=O)CC(B1OC(C)(C)C(C)(C)O1)c1cccc(OC)c1O. The van der Waals surface area contributed by atoms with Gasteiger partial charge in [0.25, 0.3) is 0 Å². The maximum Gasteiger partial charge on any atom is 0.466 e. The van der Waals surface area contributed by atoms with Gasteiger partial charge in [0.1, 0.15) is 0 Å². The fourth-order valence-electron chi connectivity index (χ4n) is 2.67. The molecule has 0 saturated carbocycles. The van der Waals surface area contributed by atoms with Crippen LogP contribution in [0.5, 0.6) is 11.5 Å². The molecule has 2 rings (SSSR count). The van der Waals surface area contributed by atoms with Crippen molar-refractivity contribution in [2.75, 3.05) is 14.2 Å². The molecule has 0 radical (unpaired) electrons. The second-order valence-electron chi connectivity index (χ2n) is 6.91. The number of phenols is 1. The molecule has 0 spiro atoms. The van der Waals surface area contributed by atoms with E-state index in [0.717, 1.165) is 0 Å². The van der Waals surface area contributed by atoms with E-state index in [1.54, 1.807) is 18.2 Å². The fraction of sp³-hybridized carbons (Fsp3) is 0.588. The van der Waals surface area contributed by atoms with Gasteiger partial charge in [0.15, 0.2) is 11.5 Å². The average molecular weight is 336 g/mol. The minimum absolute atomic E-state index is 0.0219. The Morgan fingerprint density at radius 2 is 1.79 bits per heavy atom. The molecule has 1 fully saturated rings. The molecule has 1 N–H and O–H groups in total. The molecule has 0 amide bonds. The van der Waals surface area contributed by atoms with Crippen molar-refractivity contribution in [3.8, 4) is 11.5 Å². The molecular formula is C17H25BO6. The molecular weight excluding hydrogens is 311 g/mol. The van der Waals surface area contributed by atoms with E-state index in [9.17, 15) is 9.90 Å². The largest absolute Gasteiger partial charge is 0.504 e. The van der Waals surface area contributed by atoms with Gasteiger partial charge in [-0.3, -0.25) is 4.79 Å². The van der Waals surface area contributed by atoms with Gasteiger partial charge in [0.2, 0.25) is 0 Å². The van der Waals surface area contributed by atoms with Gasteiger partial charge in [0.05, 0.1) is 31.8 Å². The highest BCUT2D eigenvalue weighted by atomic mass is 16.7. The van der Waals surface area contributed by atoms with E-state index in [2.05, 4.69) is 0 Å². The molecule has 0 aromatic heterocycles. The highest BCUT2D eigenvalue weighted by Gasteiger charge is 2.54. The average Bonchev–Trinajstić information content (AvgIpc) is 2.73. The van der Waals surface area contributed by atoms with Crippen molar-refractivity contribution in [1.29, 1.82) is 0 Å². The second kappa shape index (κ2) is 6.65. The Bertz CT molecular complexity index is 597. The third kappa shape index (κ3) is 3.37. The Hall–Kier alpha value is -1.73. The summed E-state index contributed by atoms with van der Waals surface area (Å²) in [6.45, 7) is 7.75. The maximum atomic E-state index is 11.9. The van der Waals surface area contributed by atoms with Gasteiger partial charge in [-0.2, -0.15) is 0 Å². The summed E-state index contributed by atoms with van der Waals surface area (Å²) < 4.78 is 22.1. The van der Waals surface area contributed by atoms with Crippen LogP contribution in [0.2, 0.25) is 0 Å². The number of benzene rings is 1. The molecule has 1 aromatic rings. The molecule has 1 aliphatic rings. The molecule has 1 heterocycles. The highest BCUT2D eigenvalue weighted by Crippen LogP contribution is 2.44. The number of hydrogen-bond donors (Lipinski definition) is 1. The lowest BCUT2D eigenvalue weighted by molar-refractivity contribution is -0.140. The number of hydrogen-bond acceptors (Lipinski definition) is 6. The Kier molecular flexibility index (Phi) is 5.15. The number of phenolic OH excluding ortho intramolecular Hbond substituents is 1. The first kappa shape index (κ1) is 18.6. The molecule has 7 heteroatoms. The molecule has 6 nitrogen and oxygen atoms in total. The van der Waals surface area contributed by atoms with Crippen LogP contribution in [-0.2, 0) is 18.8 Å². The van der Waals surface area contributed by atoms with Gasteiger partial charge in [0, 0.05) is 5.82 Å². The van der Waals surface area contributed by atoms with E-state index in [4.69, 9.17) is 18.8 Å². The number of para-hydroxylation sites is 1. The van der Waals surface area contributed by atoms with Gasteiger partial charge in [-0.25, -0.2) is 0 Å². The number of aromatic hydroxyl groups is 1. The zero-order chi connectivity index (χ0) is 18.1. The van der Waals surface area contributed by atoms with E-state index < -0.39 is 30.1 Å². The normalized spacial score (nSPS) is 19.8. The van der Waals surface area contributed by atoms with Gasteiger partial charge in [-0.1, -0.05) is 12.1 Å². The predicted octanol–water partition coefficient (Wildman–Crippen LogP) is 2.68. The third-order valence-electron chi connectivity index (χ3n) is 4.86. The number of carbonyl (C=O) groups is 1. The first-order valence-corrected chi connectivity index (χ1v) is 7.91. The maximum absolute atomic E-state index is 11.9. The number of rotatable bonds is 5. The number of ether oxygens (including phenoxy) is 2. The number of esters is 1. The van der Waals surface area contributed by atoms with Crippen LogP contribution < -0.4 is 4.74 Å². The minimum Gasteiger partial charge on any atom is -0.504 e. The topological polar surface area (TPSA) is 74.2 Å². The van der Waals surface area contributed by atoms with Crippen LogP contribution in [0.15, 0.2) is 18.2 Å². The number of methoxy groups -OCH3 is 2. The Balaban J connectivity index is 2.42. The van der Waals surface area contributed by atoms with Crippen molar-refractivity contribution in [2.24, 2.45) is 0 Å². The molecule has 0 aliphatic carbocycles. The van der Waals surface area contributed by atoms with Crippen molar-refractivity contribution in [2.45, 2.75) is 51.1 Å². The lowest BCUT2D eigenvalue weighted by atomic mass is 9.66. The lowest BCUT2D eigenvalue weighted by Crippen LogP contribution is -2.41. The third-order valence-corrected chi connectivity index (χ3v) is 4.86. The van der Waals surface area contributed by atoms with Gasteiger partial charge < -0.3 is 23.9 Å². The second-order valence-corrected chi connectivity index (χ2v) is 6.91. The Labute approximate surface area is 143 Å². The standard InChI is InChI=1S/C17H25BO6/c1-16(2)17(3,4)24-18(23-16)12(10-14(19)22-6)11-8-7-9-13(21-5)15(11)20/h7-9,12,20H,10H2,1-6H3. The molecule has 1 aliphatic heterocycles. The van der Waals surface area contributed by atoms with Crippen molar-refractivity contribution >= 4 is 13.1 Å². The molecule has 1 saturated heterocycles. The summed E-state index contributed by atoms with van der Waals surface area (Å²) in [7, 11) is 2.12. The van der Waals surface area contributed by atoms with Crippen molar-refractivity contribution < 1.29 is 28.7 Å². The van der Waals surface area contributed by atoms with Gasteiger partial charge >= 0.3 is 13.1 Å². The molecule has 24 heavy (non-hydrogen) atoms. The van der Waals surface area contributed by atoms with Crippen molar-refractivity contribution in [3.05, 3.63) is 23.8 Å². The van der Waals surface area contributed by atoms with E-state index in [1.165, 1.54) is 14.2 Å². The first-order chi connectivity index (χ1) is 11.1. The van der Waals surface area contributed by atoms with E-state index in [0.29, 0.717) is 11.3 Å². The Morgan fingerprint density at radius 3 is 2.29 bits per heavy atom. The van der Waals surface area contributed by atoms with Crippen LogP contribution in [0.3, 0.4) is 0 Å². The van der Waals surface area contributed by atoms with Crippen molar-refractivity contribution in [1.82, 2.24) is 0 Å². The van der Waals surface area contributed by atoms with Gasteiger partial charge in [-0.15, -0.1) is 0 Å². The molecule has 1 atom stereocenters. The summed E-state index contributed by atoms with van der Waals surface area (Å²) >= 11 is 0. The van der Waals surface area contributed by atoms with Crippen LogP contribution in [0.25, 0.3) is 0 Å². The quantitative estimate of drug-likeness (QED) is 0.658. The zero-order valence-electron chi connectivity index (χ0n) is 15.1. The molecule has 1 aromatic carbocycles. The number of carbonyl (C=O) groups excluding carboxylic acids is 1. The van der Waals surface area contributed by atoms with Crippen LogP contribution in [0.1, 0.15) is 45.5 Å². The van der Waals surface area contributed by atoms with Crippen LogP contribution in [0.4, 0.5) is 0 Å². The molecule has 132 valence electrons. The summed E-state index contributed by atoms with van der Waals surface area (Å²) in [5, 5.41) is 10.5. The summed E-state index contributed by atoms with van der Waals surface area (Å²) in [5.41, 5.74) is -0.556. The summed E-state index contributed by atoms with van der Waals surface area (Å²) in [4.78, 5) is 11.9. The van der Waals surface area contributed by atoms with Crippen LogP contribution >= 0.6 is 0 Å². The monoisotopic (exact) mass is 336 g/mol. The van der Waals surface area contributed by atoms with Gasteiger partial charge in [-0.05, 0) is 39.3 Å². The van der Waals surface area contributed by atoms with Crippen LogP contribution in [-0.4, -0.2) is 43.6 Å².